The third kappa shape index (κ3) is 7.51. The monoisotopic (exact) mass is 440 g/mol. The van der Waals surface area contributed by atoms with Crippen LogP contribution in [0.25, 0.3) is 0 Å². The van der Waals surface area contributed by atoms with Crippen LogP contribution in [0.3, 0.4) is 0 Å². The van der Waals surface area contributed by atoms with Gasteiger partial charge >= 0.3 is 0 Å². The van der Waals surface area contributed by atoms with Crippen LogP contribution >= 0.6 is 0 Å². The molecule has 2 rings (SSSR count). The van der Waals surface area contributed by atoms with E-state index in [9.17, 15) is 14.8 Å². The van der Waals surface area contributed by atoms with Gasteiger partial charge in [-0.2, -0.15) is 0 Å². The molecule has 5 N–H and O–H groups in total. The van der Waals surface area contributed by atoms with Crippen LogP contribution in [0.2, 0.25) is 0 Å². The predicted octanol–water partition coefficient (Wildman–Crippen LogP) is 1.71. The van der Waals surface area contributed by atoms with Crippen LogP contribution in [-0.2, 0) is 14.4 Å². The van der Waals surface area contributed by atoms with E-state index in [2.05, 4.69) is 22.4 Å². The van der Waals surface area contributed by atoms with Gasteiger partial charge in [0, 0.05) is 13.0 Å². The second-order valence-corrected chi connectivity index (χ2v) is 7.78. The molecule has 0 bridgehead atoms. The van der Waals surface area contributed by atoms with E-state index < -0.39 is 17.7 Å². The van der Waals surface area contributed by atoms with Gasteiger partial charge < -0.3 is 5.73 Å². The first-order valence-electron chi connectivity index (χ1n) is 10.6. The number of aliphatic imine (C=N–C) groups is 1. The van der Waals surface area contributed by atoms with E-state index in [0.717, 1.165) is 32.1 Å². The van der Waals surface area contributed by atoms with Crippen molar-refractivity contribution in [1.82, 2.24) is 21.0 Å². The Kier molecular flexibility index (Phi) is 9.73. The summed E-state index contributed by atoms with van der Waals surface area (Å²) in [5, 5.41) is 11.4. The first-order chi connectivity index (χ1) is 14.8. The van der Waals surface area contributed by atoms with Crippen LogP contribution in [0.5, 0.6) is 0 Å². The zero-order chi connectivity index (χ0) is 22.8. The molecule has 11 heteroatoms. The van der Waals surface area contributed by atoms with Crippen molar-refractivity contribution >= 4 is 18.2 Å². The molecule has 2 aliphatic rings. The lowest BCUT2D eigenvalue weighted by Crippen LogP contribution is -2.44. The number of rotatable bonds is 12. The van der Waals surface area contributed by atoms with Crippen molar-refractivity contribution in [2.45, 2.75) is 51.9 Å². The third-order valence-electron chi connectivity index (χ3n) is 5.43. The maximum atomic E-state index is 15.0. The Morgan fingerprint density at radius 2 is 2.13 bits per heavy atom. The second kappa shape index (κ2) is 12.3. The van der Waals surface area contributed by atoms with Gasteiger partial charge in [-0.15, -0.1) is 0 Å². The van der Waals surface area contributed by atoms with E-state index in [4.69, 9.17) is 10.6 Å². The molecule has 31 heavy (non-hydrogen) atoms. The number of hydroxylamine groups is 4. The molecule has 0 spiro atoms. The summed E-state index contributed by atoms with van der Waals surface area (Å²) >= 11 is 0. The molecule has 174 valence electrons. The lowest BCUT2D eigenvalue weighted by molar-refractivity contribution is -0.155. The summed E-state index contributed by atoms with van der Waals surface area (Å²) in [7, 11) is 0. The number of hydrogen-bond donors (Lipinski definition) is 4. The van der Waals surface area contributed by atoms with Crippen molar-refractivity contribution in [1.29, 1.82) is 0 Å². The molecule has 2 fully saturated rings. The molecule has 0 aromatic carbocycles. The highest BCUT2D eigenvalue weighted by molar-refractivity contribution is 5.81. The van der Waals surface area contributed by atoms with E-state index in [-0.39, 0.29) is 30.3 Å². The SMILES string of the molecule is C=C(/C(F)=C(\N=C(N)CC)NNC(=O)[C@H](CC1CCCC1)CN(O)C=O)N1CCCO1. The molecular formula is C20H33FN6O4. The maximum Gasteiger partial charge on any atom is 0.243 e. The first kappa shape index (κ1) is 24.6. The highest BCUT2D eigenvalue weighted by atomic mass is 19.1. The number of hydrazine groups is 1. The molecule has 1 saturated heterocycles. The summed E-state index contributed by atoms with van der Waals surface area (Å²) in [4.78, 5) is 32.9. The fraction of sp³-hybridized carbons (Fsp3) is 0.650. The second-order valence-electron chi connectivity index (χ2n) is 7.78. The molecule has 0 radical (unpaired) electrons. The number of carbonyl (C=O) groups excluding carboxylic acids is 2. The maximum absolute atomic E-state index is 15.0. The molecule has 0 aromatic heterocycles. The van der Waals surface area contributed by atoms with E-state index >= 15 is 4.39 Å². The lowest BCUT2D eigenvalue weighted by Gasteiger charge is -2.23. The van der Waals surface area contributed by atoms with Gasteiger partial charge in [0.05, 0.1) is 24.8 Å². The standard InChI is InChI=1S/C20H33FN6O4/c1-3-17(22)23-19(18(21)14(2)27-9-6-10-31-27)24-25-20(29)16(12-26(30)13-28)11-15-7-4-5-8-15/h13,15-16,24,30H,2-12H2,1H3,(H2,22,23)(H,25,29)/b19-18-/t16-/m1/s1. The number of allylic oxidation sites excluding steroid dienone is 1. The summed E-state index contributed by atoms with van der Waals surface area (Å²) in [6, 6.07) is 0. The summed E-state index contributed by atoms with van der Waals surface area (Å²) in [5.41, 5.74) is 10.7. The number of nitrogens with one attached hydrogen (secondary N) is 2. The Balaban J connectivity index is 2.12. The average Bonchev–Trinajstić information content (AvgIpc) is 3.48. The molecule has 2 amide bonds. The Hall–Kier alpha value is -2.66. The van der Waals surface area contributed by atoms with Crippen molar-refractivity contribution in [2.24, 2.45) is 22.6 Å². The van der Waals surface area contributed by atoms with Crippen LogP contribution in [-0.4, -0.2) is 53.2 Å². The molecule has 1 heterocycles. The van der Waals surface area contributed by atoms with Crippen molar-refractivity contribution in [3.05, 3.63) is 23.9 Å². The molecule has 1 atom stereocenters. The number of halogens is 1. The topological polar surface area (TPSA) is 133 Å². The van der Waals surface area contributed by atoms with Gasteiger partial charge in [-0.25, -0.2) is 14.4 Å². The van der Waals surface area contributed by atoms with Crippen LogP contribution in [0.1, 0.15) is 51.9 Å². The van der Waals surface area contributed by atoms with Crippen LogP contribution in [0.15, 0.2) is 28.9 Å². The fourth-order valence-electron chi connectivity index (χ4n) is 3.67. The first-order valence-corrected chi connectivity index (χ1v) is 10.6. The molecule has 1 saturated carbocycles. The van der Waals surface area contributed by atoms with Crippen molar-refractivity contribution < 1.29 is 24.0 Å². The predicted molar refractivity (Wildman–Crippen MR) is 112 cm³/mol. The summed E-state index contributed by atoms with van der Waals surface area (Å²) in [5.74, 6) is -1.79. The Labute approximate surface area is 181 Å². The minimum Gasteiger partial charge on any atom is -0.387 e. The minimum atomic E-state index is -0.817. The smallest absolute Gasteiger partial charge is 0.243 e. The van der Waals surface area contributed by atoms with Gasteiger partial charge in [-0.05, 0) is 18.8 Å². The van der Waals surface area contributed by atoms with Gasteiger partial charge in [-0.3, -0.25) is 35.5 Å². The van der Waals surface area contributed by atoms with Gasteiger partial charge in [0.25, 0.3) is 0 Å². The Bertz CT molecular complexity index is 702. The van der Waals surface area contributed by atoms with Crippen molar-refractivity contribution in [2.75, 3.05) is 19.7 Å². The number of nitrogens with two attached hydrogens (primary N) is 1. The summed E-state index contributed by atoms with van der Waals surface area (Å²) in [6.07, 6.45) is 6.06. The highest BCUT2D eigenvalue weighted by Crippen LogP contribution is 2.30. The third-order valence-corrected chi connectivity index (χ3v) is 5.43. The Morgan fingerprint density at radius 1 is 1.42 bits per heavy atom. The van der Waals surface area contributed by atoms with E-state index in [1.807, 2.05) is 0 Å². The molecule has 1 aliphatic carbocycles. The fourth-order valence-corrected chi connectivity index (χ4v) is 3.67. The quantitative estimate of drug-likeness (QED) is 0.0907. The minimum absolute atomic E-state index is 0.0353. The average molecular weight is 441 g/mol. The van der Waals surface area contributed by atoms with Gasteiger partial charge in [-0.1, -0.05) is 39.2 Å². The summed E-state index contributed by atoms with van der Waals surface area (Å²) in [6.45, 7) is 6.25. The largest absolute Gasteiger partial charge is 0.387 e. The number of hydrogen-bond acceptors (Lipinski definition) is 7. The number of amidine groups is 1. The van der Waals surface area contributed by atoms with E-state index in [1.165, 1.54) is 5.06 Å². The molecule has 1 aliphatic heterocycles. The number of nitrogens with zero attached hydrogens (tertiary/aromatic N) is 3. The number of amides is 2. The lowest BCUT2D eigenvalue weighted by atomic mass is 9.92. The molecule has 10 nitrogen and oxygen atoms in total. The number of carbonyl (C=O) groups is 2. The van der Waals surface area contributed by atoms with Crippen LogP contribution in [0.4, 0.5) is 4.39 Å². The van der Waals surface area contributed by atoms with Crippen LogP contribution in [0, 0.1) is 11.8 Å². The van der Waals surface area contributed by atoms with Gasteiger partial charge in [0.15, 0.2) is 11.6 Å². The molecule has 0 unspecified atom stereocenters. The van der Waals surface area contributed by atoms with Crippen LogP contribution < -0.4 is 16.6 Å². The van der Waals surface area contributed by atoms with Crippen molar-refractivity contribution in [3.63, 3.8) is 0 Å². The van der Waals surface area contributed by atoms with Gasteiger partial charge in [0.2, 0.25) is 12.3 Å². The zero-order valence-corrected chi connectivity index (χ0v) is 18.0. The molecular weight excluding hydrogens is 407 g/mol. The highest BCUT2D eigenvalue weighted by Gasteiger charge is 2.27. The van der Waals surface area contributed by atoms with E-state index in [1.54, 1.807) is 6.92 Å². The van der Waals surface area contributed by atoms with Crippen molar-refractivity contribution in [3.8, 4) is 0 Å². The van der Waals surface area contributed by atoms with E-state index in [0.29, 0.717) is 37.0 Å². The molecule has 0 aromatic rings. The van der Waals surface area contributed by atoms with Gasteiger partial charge in [0.1, 0.15) is 5.84 Å². The summed E-state index contributed by atoms with van der Waals surface area (Å²) < 4.78 is 15.0. The zero-order valence-electron chi connectivity index (χ0n) is 18.0. The normalized spacial score (nSPS) is 19.1. The Morgan fingerprint density at radius 3 is 2.71 bits per heavy atom.